The lowest BCUT2D eigenvalue weighted by atomic mass is 10.1. The molecule has 0 radical (unpaired) electrons. The van der Waals surface area contributed by atoms with Crippen molar-refractivity contribution in [2.75, 3.05) is 0 Å². The van der Waals surface area contributed by atoms with Gasteiger partial charge in [-0.3, -0.25) is 10.1 Å². The van der Waals surface area contributed by atoms with E-state index in [4.69, 9.17) is 11.6 Å². The van der Waals surface area contributed by atoms with Crippen LogP contribution in [0.15, 0.2) is 48.5 Å². The number of nitro benzene ring substituents is 1. The average Bonchev–Trinajstić information content (AvgIpc) is 2.46. The minimum Gasteiger partial charge on any atom is -0.310 e. The lowest BCUT2D eigenvalue weighted by molar-refractivity contribution is -0.385. The Hall–Kier alpha value is -1.91. The third-order valence-corrected chi connectivity index (χ3v) is 3.50. The highest BCUT2D eigenvalue weighted by Gasteiger charge is 2.14. The smallest absolute Gasteiger partial charge is 0.273 e. The number of hydrogen-bond donors (Lipinski definition) is 1. The molecule has 0 bridgehead atoms. The van der Waals surface area contributed by atoms with Gasteiger partial charge in [0.15, 0.2) is 0 Å². The second-order valence-corrected chi connectivity index (χ2v) is 5.44. The fraction of sp³-hybridized carbons (Fsp3) is 0.250. The molecule has 0 spiro atoms. The zero-order chi connectivity index (χ0) is 15.2. The van der Waals surface area contributed by atoms with E-state index in [0.29, 0.717) is 17.1 Å². The maximum Gasteiger partial charge on any atom is 0.273 e. The number of hydrogen-bond acceptors (Lipinski definition) is 3. The normalized spacial score (nSPS) is 12.1. The van der Waals surface area contributed by atoms with Gasteiger partial charge in [-0.05, 0) is 31.0 Å². The monoisotopic (exact) mass is 304 g/mol. The van der Waals surface area contributed by atoms with Gasteiger partial charge in [-0.1, -0.05) is 41.9 Å². The Labute approximate surface area is 128 Å². The van der Waals surface area contributed by atoms with Gasteiger partial charge in [0.05, 0.1) is 4.92 Å². The first-order valence-corrected chi connectivity index (χ1v) is 7.14. The summed E-state index contributed by atoms with van der Waals surface area (Å²) in [6.45, 7) is 2.48. The number of halogens is 1. The summed E-state index contributed by atoms with van der Waals surface area (Å²) in [6.07, 6.45) is 0.870. The quantitative estimate of drug-likeness (QED) is 0.649. The molecule has 0 fully saturated rings. The highest BCUT2D eigenvalue weighted by atomic mass is 35.5. The van der Waals surface area contributed by atoms with E-state index in [9.17, 15) is 10.1 Å². The third kappa shape index (κ3) is 4.55. The summed E-state index contributed by atoms with van der Waals surface area (Å²) in [6, 6.07) is 15.0. The zero-order valence-electron chi connectivity index (χ0n) is 11.8. The fourth-order valence-electron chi connectivity index (χ4n) is 2.20. The van der Waals surface area contributed by atoms with Gasteiger partial charge in [0.25, 0.3) is 5.69 Å². The van der Waals surface area contributed by atoms with Crippen LogP contribution in [0.2, 0.25) is 5.02 Å². The van der Waals surface area contributed by atoms with Crippen molar-refractivity contribution >= 4 is 17.3 Å². The number of benzene rings is 2. The van der Waals surface area contributed by atoms with Crippen LogP contribution in [0.25, 0.3) is 0 Å². The van der Waals surface area contributed by atoms with Crippen molar-refractivity contribution in [1.29, 1.82) is 0 Å². The third-order valence-electron chi connectivity index (χ3n) is 3.26. The summed E-state index contributed by atoms with van der Waals surface area (Å²) in [7, 11) is 0. The predicted molar refractivity (Wildman–Crippen MR) is 84.6 cm³/mol. The average molecular weight is 305 g/mol. The van der Waals surface area contributed by atoms with Crippen molar-refractivity contribution in [2.45, 2.75) is 25.9 Å². The highest BCUT2D eigenvalue weighted by Crippen LogP contribution is 2.22. The van der Waals surface area contributed by atoms with E-state index in [1.165, 1.54) is 17.7 Å². The molecule has 0 heterocycles. The molecular formula is C16H17ClN2O2. The number of nitro groups is 1. The maximum absolute atomic E-state index is 11.0. The lowest BCUT2D eigenvalue weighted by Gasteiger charge is -2.14. The first-order valence-electron chi connectivity index (χ1n) is 6.76. The van der Waals surface area contributed by atoms with Gasteiger partial charge in [0, 0.05) is 29.2 Å². The molecule has 1 unspecified atom stereocenters. The molecule has 0 saturated carbocycles. The van der Waals surface area contributed by atoms with Crippen molar-refractivity contribution < 1.29 is 4.92 Å². The summed E-state index contributed by atoms with van der Waals surface area (Å²) in [5, 5.41) is 14.8. The van der Waals surface area contributed by atoms with Crippen LogP contribution in [0.4, 0.5) is 5.69 Å². The lowest BCUT2D eigenvalue weighted by Crippen LogP contribution is -2.27. The first kappa shape index (κ1) is 15.5. The molecule has 2 aromatic rings. The van der Waals surface area contributed by atoms with Crippen LogP contribution in [0.3, 0.4) is 0 Å². The van der Waals surface area contributed by atoms with E-state index >= 15 is 0 Å². The number of rotatable bonds is 6. The molecule has 2 rings (SSSR count). The maximum atomic E-state index is 11.0. The van der Waals surface area contributed by atoms with Gasteiger partial charge in [-0.25, -0.2) is 0 Å². The topological polar surface area (TPSA) is 55.2 Å². The van der Waals surface area contributed by atoms with E-state index < -0.39 is 0 Å². The molecule has 0 aliphatic carbocycles. The zero-order valence-corrected chi connectivity index (χ0v) is 12.5. The minimum absolute atomic E-state index is 0.0961. The van der Waals surface area contributed by atoms with Crippen LogP contribution in [0, 0.1) is 10.1 Å². The van der Waals surface area contributed by atoms with Crippen LogP contribution < -0.4 is 5.32 Å². The Morgan fingerprint density at radius 1 is 1.24 bits per heavy atom. The van der Waals surface area contributed by atoms with Crippen LogP contribution in [0.5, 0.6) is 0 Å². The summed E-state index contributed by atoms with van der Waals surface area (Å²) >= 11 is 5.92. The number of nitrogens with one attached hydrogen (secondary N) is 1. The van der Waals surface area contributed by atoms with Gasteiger partial charge in [0.2, 0.25) is 0 Å². The van der Waals surface area contributed by atoms with Crippen molar-refractivity contribution in [3.05, 3.63) is 74.8 Å². The molecule has 0 aliphatic heterocycles. The molecule has 1 atom stereocenters. The molecule has 2 aromatic carbocycles. The molecule has 0 aliphatic rings. The van der Waals surface area contributed by atoms with Gasteiger partial charge in [-0.2, -0.15) is 0 Å². The summed E-state index contributed by atoms with van der Waals surface area (Å²) in [4.78, 5) is 10.6. The van der Waals surface area contributed by atoms with Crippen molar-refractivity contribution in [2.24, 2.45) is 0 Å². The Morgan fingerprint density at radius 3 is 2.62 bits per heavy atom. The van der Waals surface area contributed by atoms with Gasteiger partial charge in [-0.15, -0.1) is 0 Å². The Balaban J connectivity index is 1.99. The number of nitrogens with zero attached hydrogens (tertiary/aromatic N) is 1. The Bertz CT molecular complexity index is 617. The summed E-state index contributed by atoms with van der Waals surface area (Å²) in [5.74, 6) is 0. The largest absolute Gasteiger partial charge is 0.310 e. The minimum atomic E-state index is -0.380. The van der Waals surface area contributed by atoms with Gasteiger partial charge >= 0.3 is 0 Å². The molecule has 0 aromatic heterocycles. The molecule has 5 heteroatoms. The summed E-state index contributed by atoms with van der Waals surface area (Å²) in [5.41, 5.74) is 1.93. The molecule has 0 saturated heterocycles. The van der Waals surface area contributed by atoms with Crippen LogP contribution in [-0.2, 0) is 13.0 Å². The van der Waals surface area contributed by atoms with E-state index in [1.807, 2.05) is 18.2 Å². The van der Waals surface area contributed by atoms with Crippen LogP contribution >= 0.6 is 11.6 Å². The van der Waals surface area contributed by atoms with Gasteiger partial charge in [0.1, 0.15) is 0 Å². The fourth-order valence-corrected chi connectivity index (χ4v) is 2.39. The second kappa shape index (κ2) is 7.20. The Kier molecular flexibility index (Phi) is 5.31. The molecular weight excluding hydrogens is 288 g/mol. The van der Waals surface area contributed by atoms with Crippen molar-refractivity contribution in [1.82, 2.24) is 5.32 Å². The van der Waals surface area contributed by atoms with E-state index in [1.54, 1.807) is 6.07 Å². The van der Waals surface area contributed by atoms with E-state index in [-0.39, 0.29) is 16.7 Å². The SMILES string of the molecule is CC(Cc1ccccc1)NCc1cc(Cl)ccc1[N+](=O)[O-]. The Morgan fingerprint density at radius 2 is 1.95 bits per heavy atom. The van der Waals surface area contributed by atoms with Crippen LogP contribution in [0.1, 0.15) is 18.1 Å². The molecule has 4 nitrogen and oxygen atoms in total. The van der Waals surface area contributed by atoms with Gasteiger partial charge < -0.3 is 5.32 Å². The van der Waals surface area contributed by atoms with Crippen LogP contribution in [-0.4, -0.2) is 11.0 Å². The first-order chi connectivity index (χ1) is 10.1. The molecule has 21 heavy (non-hydrogen) atoms. The molecule has 1 N–H and O–H groups in total. The van der Waals surface area contributed by atoms with Crippen molar-refractivity contribution in [3.8, 4) is 0 Å². The van der Waals surface area contributed by atoms with E-state index in [2.05, 4.69) is 24.4 Å². The summed E-state index contributed by atoms with van der Waals surface area (Å²) < 4.78 is 0. The standard InChI is InChI=1S/C16H17ClN2O2/c1-12(9-13-5-3-2-4-6-13)18-11-14-10-15(17)7-8-16(14)19(20)21/h2-8,10,12,18H,9,11H2,1H3. The molecule has 110 valence electrons. The predicted octanol–water partition coefficient (Wildman–Crippen LogP) is 3.97. The molecule has 0 amide bonds. The second-order valence-electron chi connectivity index (χ2n) is 5.00. The highest BCUT2D eigenvalue weighted by molar-refractivity contribution is 6.30. The van der Waals surface area contributed by atoms with Crippen molar-refractivity contribution in [3.63, 3.8) is 0 Å². The van der Waals surface area contributed by atoms with E-state index in [0.717, 1.165) is 6.42 Å².